The Labute approximate surface area is 175 Å². The summed E-state index contributed by atoms with van der Waals surface area (Å²) in [5, 5.41) is 6.14. The molecule has 1 saturated heterocycles. The van der Waals surface area contributed by atoms with Crippen molar-refractivity contribution in [3.8, 4) is 0 Å². The average Bonchev–Trinajstić information content (AvgIpc) is 3.13. The molecule has 1 aromatic carbocycles. The van der Waals surface area contributed by atoms with Gasteiger partial charge in [-0.25, -0.2) is 17.8 Å². The second-order valence-electron chi connectivity index (χ2n) is 7.26. The number of nitrogens with one attached hydrogen (secondary N) is 1. The van der Waals surface area contributed by atoms with Crippen LogP contribution in [0.3, 0.4) is 0 Å². The number of hydrogen-bond acceptors (Lipinski definition) is 5. The molecule has 1 aliphatic heterocycles. The number of unbranched alkanes of at least 4 members (excludes halogenated alkanes) is 1. The van der Waals surface area contributed by atoms with Crippen molar-refractivity contribution >= 4 is 27.3 Å². The van der Waals surface area contributed by atoms with E-state index in [1.54, 1.807) is 11.3 Å². The number of rotatable bonds is 8. The van der Waals surface area contributed by atoms with Crippen molar-refractivity contribution in [2.45, 2.75) is 43.9 Å². The summed E-state index contributed by atoms with van der Waals surface area (Å²) in [4.78, 5) is 16.9. The minimum Gasteiger partial charge on any atom is -0.356 e. The average molecular weight is 440 g/mol. The molecule has 3 rings (SSSR count). The highest BCUT2D eigenvalue weighted by Crippen LogP contribution is 2.24. The van der Waals surface area contributed by atoms with E-state index in [1.807, 2.05) is 12.3 Å². The highest BCUT2D eigenvalue weighted by Gasteiger charge is 2.31. The first-order valence-electron chi connectivity index (χ1n) is 9.80. The SMILES string of the molecule is Cc1csc(CCCCNC(=O)C2CCN(S(=O)(=O)c3ccc(F)cc3)CC2)n1. The number of piperidine rings is 1. The number of benzene rings is 1. The van der Waals surface area contributed by atoms with Gasteiger partial charge in [0.25, 0.3) is 0 Å². The summed E-state index contributed by atoms with van der Waals surface area (Å²) in [5.74, 6) is -0.647. The lowest BCUT2D eigenvalue weighted by molar-refractivity contribution is -0.126. The van der Waals surface area contributed by atoms with Gasteiger partial charge in [0.15, 0.2) is 0 Å². The number of carbonyl (C=O) groups excluding carboxylic acids is 1. The number of aryl methyl sites for hydroxylation is 2. The molecule has 9 heteroatoms. The molecule has 1 amide bonds. The zero-order chi connectivity index (χ0) is 20.9. The molecule has 0 saturated carbocycles. The Morgan fingerprint density at radius 1 is 1.24 bits per heavy atom. The van der Waals surface area contributed by atoms with Crippen molar-refractivity contribution in [3.63, 3.8) is 0 Å². The molecule has 2 aromatic rings. The predicted molar refractivity (Wildman–Crippen MR) is 111 cm³/mol. The van der Waals surface area contributed by atoms with Crippen molar-refractivity contribution in [3.05, 3.63) is 46.2 Å². The summed E-state index contributed by atoms with van der Waals surface area (Å²) < 4.78 is 39.7. The zero-order valence-corrected chi connectivity index (χ0v) is 18.1. The number of nitrogens with zero attached hydrogens (tertiary/aromatic N) is 2. The van der Waals surface area contributed by atoms with E-state index in [0.717, 1.165) is 42.1 Å². The molecule has 1 aliphatic rings. The second-order valence-corrected chi connectivity index (χ2v) is 10.1. The smallest absolute Gasteiger partial charge is 0.243 e. The fourth-order valence-electron chi connectivity index (χ4n) is 3.39. The van der Waals surface area contributed by atoms with Crippen molar-refractivity contribution < 1.29 is 17.6 Å². The molecule has 1 fully saturated rings. The number of amides is 1. The Morgan fingerprint density at radius 2 is 1.93 bits per heavy atom. The summed E-state index contributed by atoms with van der Waals surface area (Å²) >= 11 is 1.67. The molecule has 158 valence electrons. The molecule has 0 radical (unpaired) electrons. The van der Waals surface area contributed by atoms with E-state index in [-0.39, 0.29) is 16.7 Å². The van der Waals surface area contributed by atoms with Crippen LogP contribution in [-0.4, -0.2) is 43.2 Å². The van der Waals surface area contributed by atoms with E-state index in [0.29, 0.717) is 32.5 Å². The normalized spacial score (nSPS) is 16.1. The maximum Gasteiger partial charge on any atom is 0.243 e. The van der Waals surface area contributed by atoms with Crippen LogP contribution in [0.1, 0.15) is 36.4 Å². The molecule has 0 spiro atoms. The van der Waals surface area contributed by atoms with E-state index < -0.39 is 15.8 Å². The molecule has 0 unspecified atom stereocenters. The topological polar surface area (TPSA) is 79.4 Å². The lowest BCUT2D eigenvalue weighted by Gasteiger charge is -2.30. The summed E-state index contributed by atoms with van der Waals surface area (Å²) in [6.45, 7) is 3.19. The Balaban J connectivity index is 1.39. The van der Waals surface area contributed by atoms with Crippen molar-refractivity contribution in [2.24, 2.45) is 5.92 Å². The van der Waals surface area contributed by atoms with E-state index >= 15 is 0 Å². The van der Waals surface area contributed by atoms with Crippen molar-refractivity contribution in [1.82, 2.24) is 14.6 Å². The minimum absolute atomic E-state index is 0.00563. The third-order valence-electron chi connectivity index (χ3n) is 5.06. The number of halogens is 1. The second kappa shape index (κ2) is 9.77. The number of carbonyl (C=O) groups is 1. The van der Waals surface area contributed by atoms with Crippen LogP contribution in [0.15, 0.2) is 34.5 Å². The van der Waals surface area contributed by atoms with Crippen LogP contribution in [-0.2, 0) is 21.2 Å². The number of thiazole rings is 1. The highest BCUT2D eigenvalue weighted by molar-refractivity contribution is 7.89. The molecule has 29 heavy (non-hydrogen) atoms. The standard InChI is InChI=1S/C20H26FN3O3S2/c1-15-14-28-19(23-15)4-2-3-11-22-20(25)16-9-12-24(13-10-16)29(26,27)18-7-5-17(21)6-8-18/h5-8,14,16H,2-4,9-13H2,1H3,(H,22,25). The summed E-state index contributed by atoms with van der Waals surface area (Å²) in [7, 11) is -3.65. The summed E-state index contributed by atoms with van der Waals surface area (Å²) in [5.41, 5.74) is 1.05. The first kappa shape index (κ1) is 21.9. The van der Waals surface area contributed by atoms with Gasteiger partial charge in [-0.15, -0.1) is 11.3 Å². The van der Waals surface area contributed by atoms with Gasteiger partial charge >= 0.3 is 0 Å². The Bertz CT molecular complexity index is 921. The van der Waals surface area contributed by atoms with Crippen LogP contribution in [0.2, 0.25) is 0 Å². The van der Waals surface area contributed by atoms with E-state index in [9.17, 15) is 17.6 Å². The van der Waals surface area contributed by atoms with Crippen LogP contribution >= 0.6 is 11.3 Å². The molecule has 6 nitrogen and oxygen atoms in total. The predicted octanol–water partition coefficient (Wildman–Crippen LogP) is 3.13. The van der Waals surface area contributed by atoms with Crippen LogP contribution in [0, 0.1) is 18.7 Å². The van der Waals surface area contributed by atoms with Gasteiger partial charge in [0.1, 0.15) is 5.82 Å². The van der Waals surface area contributed by atoms with Gasteiger partial charge in [0.05, 0.1) is 9.90 Å². The van der Waals surface area contributed by atoms with E-state index in [1.165, 1.54) is 16.4 Å². The molecule has 2 heterocycles. The Kier molecular flexibility index (Phi) is 7.37. The highest BCUT2D eigenvalue weighted by atomic mass is 32.2. The maximum atomic E-state index is 13.0. The third kappa shape index (κ3) is 5.83. The van der Waals surface area contributed by atoms with Gasteiger partial charge in [0.2, 0.25) is 15.9 Å². The number of sulfonamides is 1. The van der Waals surface area contributed by atoms with Crippen molar-refractivity contribution in [2.75, 3.05) is 19.6 Å². The van der Waals surface area contributed by atoms with Gasteiger partial charge < -0.3 is 5.32 Å². The maximum absolute atomic E-state index is 13.0. The molecule has 0 aliphatic carbocycles. The first-order chi connectivity index (χ1) is 13.9. The fraction of sp³-hybridized carbons (Fsp3) is 0.500. The molecule has 0 atom stereocenters. The number of aromatic nitrogens is 1. The van der Waals surface area contributed by atoms with E-state index in [2.05, 4.69) is 10.3 Å². The third-order valence-corrected chi connectivity index (χ3v) is 8.00. The van der Waals surface area contributed by atoms with Crippen LogP contribution < -0.4 is 5.32 Å². The molecular formula is C20H26FN3O3S2. The molecular weight excluding hydrogens is 413 g/mol. The van der Waals surface area contributed by atoms with Gasteiger partial charge in [-0.05, 0) is 63.3 Å². The van der Waals surface area contributed by atoms with Gasteiger partial charge in [-0.2, -0.15) is 4.31 Å². The fourth-order valence-corrected chi connectivity index (χ4v) is 5.68. The first-order valence-corrected chi connectivity index (χ1v) is 12.1. The molecule has 1 N–H and O–H groups in total. The van der Waals surface area contributed by atoms with E-state index in [4.69, 9.17) is 0 Å². The molecule has 0 bridgehead atoms. The van der Waals surface area contributed by atoms with Gasteiger partial charge in [-0.3, -0.25) is 4.79 Å². The quantitative estimate of drug-likeness (QED) is 0.641. The van der Waals surface area contributed by atoms with Crippen LogP contribution in [0.5, 0.6) is 0 Å². The minimum atomic E-state index is -3.65. The monoisotopic (exact) mass is 439 g/mol. The largest absolute Gasteiger partial charge is 0.356 e. The summed E-state index contributed by atoms with van der Waals surface area (Å²) in [6, 6.07) is 4.83. The lowest BCUT2D eigenvalue weighted by atomic mass is 9.97. The number of hydrogen-bond donors (Lipinski definition) is 1. The zero-order valence-electron chi connectivity index (χ0n) is 16.4. The van der Waals surface area contributed by atoms with Crippen molar-refractivity contribution in [1.29, 1.82) is 0 Å². The lowest BCUT2D eigenvalue weighted by Crippen LogP contribution is -2.43. The molecule has 1 aromatic heterocycles. The Morgan fingerprint density at radius 3 is 2.55 bits per heavy atom. The Hall–Kier alpha value is -1.84. The van der Waals surface area contributed by atoms with Gasteiger partial charge in [0, 0.05) is 36.6 Å². The van der Waals surface area contributed by atoms with Crippen LogP contribution in [0.4, 0.5) is 4.39 Å². The van der Waals surface area contributed by atoms with Gasteiger partial charge in [-0.1, -0.05) is 0 Å². The summed E-state index contributed by atoms with van der Waals surface area (Å²) in [6.07, 6.45) is 3.77. The van der Waals surface area contributed by atoms with Crippen LogP contribution in [0.25, 0.3) is 0 Å².